The van der Waals surface area contributed by atoms with E-state index in [4.69, 9.17) is 4.42 Å². The summed E-state index contributed by atoms with van der Waals surface area (Å²) in [6.45, 7) is 3.12. The SMILES string of the molecule is COC(=O)C(C)(C)N=Cc1ccc([N+](=O)[O-])o1. The summed E-state index contributed by atoms with van der Waals surface area (Å²) in [6, 6.07) is 2.61. The van der Waals surface area contributed by atoms with Crippen LogP contribution in [0.4, 0.5) is 5.88 Å². The average molecular weight is 240 g/mol. The van der Waals surface area contributed by atoms with Crippen molar-refractivity contribution >= 4 is 18.1 Å². The van der Waals surface area contributed by atoms with Gasteiger partial charge in [0.15, 0.2) is 11.3 Å². The molecule has 17 heavy (non-hydrogen) atoms. The minimum Gasteiger partial charge on any atom is -0.467 e. The largest absolute Gasteiger partial charge is 0.467 e. The van der Waals surface area contributed by atoms with E-state index in [1.807, 2.05) is 0 Å². The third-order valence-corrected chi connectivity index (χ3v) is 1.99. The zero-order valence-corrected chi connectivity index (χ0v) is 9.67. The molecule has 1 aromatic heterocycles. The first-order valence-electron chi connectivity index (χ1n) is 4.74. The maximum absolute atomic E-state index is 11.3. The van der Waals surface area contributed by atoms with Crippen molar-refractivity contribution in [2.24, 2.45) is 4.99 Å². The summed E-state index contributed by atoms with van der Waals surface area (Å²) < 4.78 is 9.41. The second kappa shape index (κ2) is 4.77. The van der Waals surface area contributed by atoms with Gasteiger partial charge in [-0.1, -0.05) is 0 Å². The molecular weight excluding hydrogens is 228 g/mol. The van der Waals surface area contributed by atoms with Gasteiger partial charge in [0, 0.05) is 0 Å². The van der Waals surface area contributed by atoms with E-state index in [9.17, 15) is 14.9 Å². The van der Waals surface area contributed by atoms with Gasteiger partial charge in [-0.05, 0) is 19.9 Å². The Labute approximate surface area is 97.2 Å². The van der Waals surface area contributed by atoms with E-state index in [0.717, 1.165) is 0 Å². The molecule has 0 unspecified atom stereocenters. The number of esters is 1. The highest BCUT2D eigenvalue weighted by Crippen LogP contribution is 2.16. The van der Waals surface area contributed by atoms with Crippen molar-refractivity contribution < 1.29 is 18.9 Å². The summed E-state index contributed by atoms with van der Waals surface area (Å²) >= 11 is 0. The normalized spacial score (nSPS) is 11.7. The first-order valence-corrected chi connectivity index (χ1v) is 4.74. The van der Waals surface area contributed by atoms with Crippen LogP contribution in [0.15, 0.2) is 21.5 Å². The Hall–Kier alpha value is -2.18. The minimum absolute atomic E-state index is 0.202. The van der Waals surface area contributed by atoms with Crippen LogP contribution < -0.4 is 0 Å². The predicted octanol–water partition coefficient (Wildman–Crippen LogP) is 1.56. The number of hydrogen-bond donors (Lipinski definition) is 0. The van der Waals surface area contributed by atoms with Gasteiger partial charge < -0.3 is 9.15 Å². The number of ether oxygens (including phenoxy) is 1. The van der Waals surface area contributed by atoms with Gasteiger partial charge >= 0.3 is 11.9 Å². The molecule has 0 aliphatic carbocycles. The van der Waals surface area contributed by atoms with Crippen molar-refractivity contribution in [1.29, 1.82) is 0 Å². The third-order valence-electron chi connectivity index (χ3n) is 1.99. The lowest BCUT2D eigenvalue weighted by Crippen LogP contribution is -2.30. The number of carbonyl (C=O) groups excluding carboxylic acids is 1. The van der Waals surface area contributed by atoms with Gasteiger partial charge in [0.2, 0.25) is 0 Å². The highest BCUT2D eigenvalue weighted by atomic mass is 16.6. The first-order chi connectivity index (χ1) is 7.86. The van der Waals surface area contributed by atoms with Gasteiger partial charge in [0.1, 0.15) is 4.92 Å². The molecule has 7 nitrogen and oxygen atoms in total. The second-order valence-electron chi connectivity index (χ2n) is 3.74. The molecule has 0 aliphatic rings. The van der Waals surface area contributed by atoms with Crippen LogP contribution in [0, 0.1) is 10.1 Å². The van der Waals surface area contributed by atoms with Gasteiger partial charge in [0.25, 0.3) is 0 Å². The lowest BCUT2D eigenvalue weighted by molar-refractivity contribution is -0.402. The summed E-state index contributed by atoms with van der Waals surface area (Å²) in [5.41, 5.74) is -1.06. The van der Waals surface area contributed by atoms with Crippen LogP contribution in [0.1, 0.15) is 19.6 Å². The number of nitrogens with zero attached hydrogens (tertiary/aromatic N) is 2. The zero-order valence-electron chi connectivity index (χ0n) is 9.67. The van der Waals surface area contributed by atoms with Crippen LogP contribution in [0.3, 0.4) is 0 Å². The highest BCUT2D eigenvalue weighted by Gasteiger charge is 2.27. The minimum atomic E-state index is -1.06. The molecule has 0 N–H and O–H groups in total. The van der Waals surface area contributed by atoms with Crippen LogP contribution in [0.25, 0.3) is 0 Å². The summed E-state index contributed by atoms with van der Waals surface area (Å²) in [7, 11) is 1.26. The third kappa shape index (κ3) is 3.13. The van der Waals surface area contributed by atoms with E-state index in [1.165, 1.54) is 25.5 Å². The van der Waals surface area contributed by atoms with E-state index in [0.29, 0.717) is 0 Å². The smallest absolute Gasteiger partial charge is 0.433 e. The van der Waals surface area contributed by atoms with Gasteiger partial charge in [-0.2, -0.15) is 0 Å². The number of carbonyl (C=O) groups is 1. The number of hydrogen-bond acceptors (Lipinski definition) is 6. The number of aliphatic imine (C=N–C) groups is 1. The van der Waals surface area contributed by atoms with Crippen LogP contribution in [0.2, 0.25) is 0 Å². The second-order valence-corrected chi connectivity index (χ2v) is 3.74. The van der Waals surface area contributed by atoms with Crippen LogP contribution in [-0.4, -0.2) is 29.8 Å². The molecule has 0 amide bonds. The van der Waals surface area contributed by atoms with E-state index >= 15 is 0 Å². The van der Waals surface area contributed by atoms with E-state index in [-0.39, 0.29) is 11.6 Å². The summed E-state index contributed by atoms with van der Waals surface area (Å²) in [5, 5.41) is 10.4. The molecule has 0 fully saturated rings. The molecule has 0 spiro atoms. The fourth-order valence-electron chi connectivity index (χ4n) is 1.04. The molecule has 0 bridgehead atoms. The summed E-state index contributed by atoms with van der Waals surface area (Å²) in [6.07, 6.45) is 1.25. The van der Waals surface area contributed by atoms with Crippen molar-refractivity contribution in [2.75, 3.05) is 7.11 Å². The van der Waals surface area contributed by atoms with Gasteiger partial charge in [-0.15, -0.1) is 0 Å². The Morgan fingerprint density at radius 1 is 1.59 bits per heavy atom. The Bertz CT molecular complexity index is 461. The molecule has 1 rings (SSSR count). The number of nitro groups is 1. The van der Waals surface area contributed by atoms with Crippen LogP contribution in [-0.2, 0) is 9.53 Å². The highest BCUT2D eigenvalue weighted by molar-refractivity contribution is 5.85. The van der Waals surface area contributed by atoms with Crippen molar-refractivity contribution in [2.45, 2.75) is 19.4 Å². The number of methoxy groups -OCH3 is 1. The van der Waals surface area contributed by atoms with Gasteiger partial charge in [-0.25, -0.2) is 4.79 Å². The Morgan fingerprint density at radius 2 is 2.24 bits per heavy atom. The van der Waals surface area contributed by atoms with E-state index in [1.54, 1.807) is 13.8 Å². The van der Waals surface area contributed by atoms with E-state index in [2.05, 4.69) is 9.73 Å². The number of furan rings is 1. The van der Waals surface area contributed by atoms with Gasteiger partial charge in [0.05, 0.1) is 19.4 Å². The van der Waals surface area contributed by atoms with Crippen molar-refractivity contribution in [3.8, 4) is 0 Å². The molecule has 0 saturated heterocycles. The predicted molar refractivity (Wildman–Crippen MR) is 59.1 cm³/mol. The molecule has 1 aromatic rings. The number of rotatable bonds is 4. The fraction of sp³-hybridized carbons (Fsp3) is 0.400. The maximum Gasteiger partial charge on any atom is 0.433 e. The average Bonchev–Trinajstić information content (AvgIpc) is 2.74. The van der Waals surface area contributed by atoms with Crippen molar-refractivity contribution in [3.63, 3.8) is 0 Å². The van der Waals surface area contributed by atoms with Gasteiger partial charge in [-0.3, -0.25) is 15.1 Å². The lowest BCUT2D eigenvalue weighted by Gasteiger charge is -2.15. The molecule has 0 radical (unpaired) electrons. The quantitative estimate of drug-likeness (QED) is 0.344. The standard InChI is InChI=1S/C10H12N2O5/c1-10(2,9(13)16-3)11-6-7-4-5-8(17-7)12(14)15/h4-6H,1-3H3. The molecule has 0 atom stereocenters. The van der Waals surface area contributed by atoms with Crippen LogP contribution in [0.5, 0.6) is 0 Å². The molecule has 0 aromatic carbocycles. The van der Waals surface area contributed by atoms with Crippen LogP contribution >= 0.6 is 0 Å². The molecule has 7 heteroatoms. The topological polar surface area (TPSA) is 94.9 Å². The summed E-state index contributed by atoms with van der Waals surface area (Å²) in [5.74, 6) is -0.675. The Morgan fingerprint density at radius 3 is 2.71 bits per heavy atom. The fourth-order valence-corrected chi connectivity index (χ4v) is 1.04. The van der Waals surface area contributed by atoms with E-state index < -0.39 is 16.4 Å². The maximum atomic E-state index is 11.3. The summed E-state index contributed by atoms with van der Waals surface area (Å²) in [4.78, 5) is 25.0. The monoisotopic (exact) mass is 240 g/mol. The molecule has 1 heterocycles. The van der Waals surface area contributed by atoms with Crippen molar-refractivity contribution in [3.05, 3.63) is 28.0 Å². The Kier molecular flexibility index (Phi) is 3.62. The molecule has 0 saturated carbocycles. The first kappa shape index (κ1) is 12.9. The molecular formula is C10H12N2O5. The lowest BCUT2D eigenvalue weighted by atomic mass is 10.1. The molecule has 0 aliphatic heterocycles. The Balaban J connectivity index is 2.83. The van der Waals surface area contributed by atoms with Crippen molar-refractivity contribution in [1.82, 2.24) is 0 Å². The zero-order chi connectivity index (χ0) is 13.1. The molecule has 92 valence electrons.